The molecule has 1 N–H and O–H groups in total. The van der Waals surface area contributed by atoms with Crippen LogP contribution in [0.15, 0.2) is 42.5 Å². The van der Waals surface area contributed by atoms with E-state index in [1.807, 2.05) is 0 Å². The van der Waals surface area contributed by atoms with Crippen LogP contribution in [0.4, 0.5) is 14.9 Å². The van der Waals surface area contributed by atoms with Gasteiger partial charge in [0, 0.05) is 23.7 Å². The van der Waals surface area contributed by atoms with E-state index in [2.05, 4.69) is 5.32 Å². The van der Waals surface area contributed by atoms with Crippen molar-refractivity contribution >= 4 is 11.8 Å². The van der Waals surface area contributed by atoms with Crippen LogP contribution in [0, 0.1) is 15.9 Å². The quantitative estimate of drug-likeness (QED) is 0.653. The number of hydrogen-bond acceptors (Lipinski definition) is 5. The van der Waals surface area contributed by atoms with Crippen LogP contribution >= 0.6 is 0 Å². The lowest BCUT2D eigenvalue weighted by Gasteiger charge is -2.20. The molecule has 0 aliphatic rings. The first kappa shape index (κ1) is 18.2. The molecule has 0 aromatic heterocycles. The minimum atomic E-state index is -0.775. The van der Waals surface area contributed by atoms with Crippen LogP contribution in [0.3, 0.4) is 0 Å². The number of halogens is 1. The predicted octanol–water partition coefficient (Wildman–Crippen LogP) is 4.41. The molecular formula is C17H17FN2O5. The summed E-state index contributed by atoms with van der Waals surface area (Å²) in [5.74, 6) is -0.541. The Balaban J connectivity index is 2.06. The molecule has 8 heteroatoms. The highest BCUT2D eigenvalue weighted by Gasteiger charge is 2.17. The summed E-state index contributed by atoms with van der Waals surface area (Å²) < 4.78 is 24.4. The average molecular weight is 348 g/mol. The number of benzene rings is 2. The molecule has 0 bridgehead atoms. The van der Waals surface area contributed by atoms with Gasteiger partial charge in [-0.25, -0.2) is 9.18 Å². The molecule has 0 saturated heterocycles. The van der Waals surface area contributed by atoms with Crippen molar-refractivity contribution in [2.75, 3.05) is 0 Å². The monoisotopic (exact) mass is 348 g/mol. The van der Waals surface area contributed by atoms with Crippen molar-refractivity contribution in [1.29, 1.82) is 0 Å². The van der Waals surface area contributed by atoms with Crippen LogP contribution < -0.4 is 14.8 Å². The lowest BCUT2D eigenvalue weighted by atomic mass is 10.1. The highest BCUT2D eigenvalue weighted by Crippen LogP contribution is 2.28. The molecule has 0 aliphatic carbocycles. The fourth-order valence-electron chi connectivity index (χ4n) is 1.83. The van der Waals surface area contributed by atoms with E-state index >= 15 is 0 Å². The molecule has 0 saturated carbocycles. The molecule has 7 nitrogen and oxygen atoms in total. The van der Waals surface area contributed by atoms with Crippen molar-refractivity contribution in [3.63, 3.8) is 0 Å². The Morgan fingerprint density at radius 2 is 1.72 bits per heavy atom. The van der Waals surface area contributed by atoms with Gasteiger partial charge in [0.2, 0.25) is 0 Å². The Morgan fingerprint density at radius 3 is 2.24 bits per heavy atom. The number of nitrogens with one attached hydrogen (secondary N) is 1. The van der Waals surface area contributed by atoms with Crippen molar-refractivity contribution in [2.45, 2.75) is 26.3 Å². The van der Waals surface area contributed by atoms with Gasteiger partial charge in [-0.1, -0.05) is 0 Å². The fourth-order valence-corrected chi connectivity index (χ4v) is 1.83. The van der Waals surface area contributed by atoms with Crippen molar-refractivity contribution < 1.29 is 23.6 Å². The summed E-state index contributed by atoms with van der Waals surface area (Å²) in [6.45, 7) is 5.31. The van der Waals surface area contributed by atoms with E-state index in [4.69, 9.17) is 9.47 Å². The fraction of sp³-hybridized carbons (Fsp3) is 0.235. The smallest absolute Gasteiger partial charge is 0.413 e. The molecular weight excluding hydrogens is 331 g/mol. The van der Waals surface area contributed by atoms with Crippen molar-refractivity contribution in [1.82, 2.24) is 5.32 Å². The molecule has 0 unspecified atom stereocenters. The number of non-ortho nitro benzene ring substituents is 1. The maximum Gasteiger partial charge on any atom is 0.413 e. The van der Waals surface area contributed by atoms with Crippen LogP contribution in [-0.2, 0) is 0 Å². The summed E-state index contributed by atoms with van der Waals surface area (Å²) in [7, 11) is 0. The molecule has 2 aromatic rings. The Kier molecular flexibility index (Phi) is 5.21. The largest absolute Gasteiger partial charge is 0.457 e. The number of nitro benzene ring substituents is 1. The maximum atomic E-state index is 14.0. The SMILES string of the molecule is CC(C)(C)NC(=O)Oc1ccc(Oc2ccc([N+](=O)[O-])cc2)cc1F. The van der Waals surface area contributed by atoms with Crippen LogP contribution in [0.2, 0.25) is 0 Å². The molecule has 2 rings (SSSR count). The van der Waals surface area contributed by atoms with Gasteiger partial charge in [0.05, 0.1) is 4.92 Å². The zero-order valence-corrected chi connectivity index (χ0v) is 13.9. The summed E-state index contributed by atoms with van der Waals surface area (Å²) in [6.07, 6.45) is -0.768. The second kappa shape index (κ2) is 7.16. The summed E-state index contributed by atoms with van der Waals surface area (Å²) in [5, 5.41) is 13.1. The van der Waals surface area contributed by atoms with Crippen LogP contribution in [0.25, 0.3) is 0 Å². The van der Waals surface area contributed by atoms with Gasteiger partial charge >= 0.3 is 6.09 Å². The first-order chi connectivity index (χ1) is 11.6. The second-order valence-electron chi connectivity index (χ2n) is 6.21. The summed E-state index contributed by atoms with van der Waals surface area (Å²) in [4.78, 5) is 21.7. The van der Waals surface area contributed by atoms with E-state index in [9.17, 15) is 19.3 Å². The average Bonchev–Trinajstić information content (AvgIpc) is 2.49. The summed E-state index contributed by atoms with van der Waals surface area (Å²) in [5.41, 5.74) is -0.584. The third-order valence-corrected chi connectivity index (χ3v) is 2.87. The van der Waals surface area contributed by atoms with E-state index in [-0.39, 0.29) is 17.2 Å². The molecule has 2 aromatic carbocycles. The number of nitro groups is 1. The third-order valence-electron chi connectivity index (χ3n) is 2.87. The third kappa shape index (κ3) is 5.45. The maximum absolute atomic E-state index is 14.0. The number of carbonyl (C=O) groups is 1. The zero-order valence-electron chi connectivity index (χ0n) is 13.9. The normalized spacial score (nSPS) is 10.9. The second-order valence-corrected chi connectivity index (χ2v) is 6.21. The van der Waals surface area contributed by atoms with Gasteiger partial charge in [0.25, 0.3) is 5.69 Å². The van der Waals surface area contributed by atoms with Crippen molar-refractivity contribution in [3.8, 4) is 17.2 Å². The minimum Gasteiger partial charge on any atom is -0.457 e. The van der Waals surface area contributed by atoms with E-state index in [0.29, 0.717) is 5.75 Å². The van der Waals surface area contributed by atoms with Crippen LogP contribution in [-0.4, -0.2) is 16.6 Å². The minimum absolute atomic E-state index is 0.0767. The van der Waals surface area contributed by atoms with Crippen LogP contribution in [0.5, 0.6) is 17.2 Å². The Labute approximate surface area is 143 Å². The number of carbonyl (C=O) groups excluding carboxylic acids is 1. The van der Waals surface area contributed by atoms with Crippen LogP contribution in [0.1, 0.15) is 20.8 Å². The number of ether oxygens (including phenoxy) is 2. The van der Waals surface area contributed by atoms with E-state index < -0.39 is 22.4 Å². The Bertz CT molecular complexity index is 785. The van der Waals surface area contributed by atoms with Gasteiger partial charge in [0.1, 0.15) is 11.5 Å². The van der Waals surface area contributed by atoms with Crippen molar-refractivity contribution in [2.24, 2.45) is 0 Å². The highest BCUT2D eigenvalue weighted by atomic mass is 19.1. The number of amides is 1. The summed E-state index contributed by atoms with van der Waals surface area (Å²) >= 11 is 0. The zero-order chi connectivity index (χ0) is 18.6. The van der Waals surface area contributed by atoms with Gasteiger partial charge < -0.3 is 14.8 Å². The molecule has 0 spiro atoms. The standard InChI is InChI=1S/C17H17FN2O5/c1-17(2,3)19-16(21)25-15-9-8-13(10-14(15)18)24-12-6-4-11(5-7-12)20(22)23/h4-10H,1-3H3,(H,19,21). The highest BCUT2D eigenvalue weighted by molar-refractivity contribution is 5.71. The van der Waals surface area contributed by atoms with Gasteiger partial charge in [-0.2, -0.15) is 0 Å². The van der Waals surface area contributed by atoms with Gasteiger partial charge in [-0.15, -0.1) is 0 Å². The topological polar surface area (TPSA) is 90.7 Å². The molecule has 25 heavy (non-hydrogen) atoms. The number of rotatable bonds is 4. The van der Waals surface area contributed by atoms with Crippen molar-refractivity contribution in [3.05, 3.63) is 58.4 Å². The number of hydrogen-bond donors (Lipinski definition) is 1. The van der Waals surface area contributed by atoms with Gasteiger partial charge in [-0.3, -0.25) is 10.1 Å². The molecule has 0 fully saturated rings. The van der Waals surface area contributed by atoms with Gasteiger partial charge in [0.15, 0.2) is 11.6 Å². The lowest BCUT2D eigenvalue weighted by molar-refractivity contribution is -0.384. The molecule has 0 aliphatic heterocycles. The molecule has 0 heterocycles. The van der Waals surface area contributed by atoms with E-state index in [0.717, 1.165) is 6.07 Å². The first-order valence-corrected chi connectivity index (χ1v) is 7.36. The van der Waals surface area contributed by atoms with E-state index in [1.165, 1.54) is 36.4 Å². The summed E-state index contributed by atoms with van der Waals surface area (Å²) in [6, 6.07) is 9.10. The number of nitrogens with zero attached hydrogens (tertiary/aromatic N) is 1. The molecule has 1 amide bonds. The van der Waals surface area contributed by atoms with E-state index in [1.54, 1.807) is 20.8 Å². The Morgan fingerprint density at radius 1 is 1.12 bits per heavy atom. The molecule has 132 valence electrons. The molecule has 0 radical (unpaired) electrons. The van der Waals surface area contributed by atoms with Gasteiger partial charge in [-0.05, 0) is 45.0 Å². The Hall–Kier alpha value is -3.16. The molecule has 0 atom stereocenters. The predicted molar refractivity (Wildman–Crippen MR) is 88.5 cm³/mol. The first-order valence-electron chi connectivity index (χ1n) is 7.36. The lowest BCUT2D eigenvalue weighted by Crippen LogP contribution is -2.42.